The van der Waals surface area contributed by atoms with Gasteiger partial charge in [-0.2, -0.15) is 0 Å². The third kappa shape index (κ3) is 5.25. The van der Waals surface area contributed by atoms with E-state index < -0.39 is 0 Å². The fourth-order valence-corrected chi connectivity index (χ4v) is 3.17. The van der Waals surface area contributed by atoms with Crippen LogP contribution >= 0.6 is 24.0 Å². The van der Waals surface area contributed by atoms with Crippen LogP contribution in [0.2, 0.25) is 0 Å². The fraction of sp³-hybridized carbons (Fsp3) is 0.933. The van der Waals surface area contributed by atoms with Gasteiger partial charge in [-0.3, -0.25) is 9.89 Å². The Labute approximate surface area is 145 Å². The molecule has 1 saturated carbocycles. The minimum Gasteiger partial charge on any atom is -0.376 e. The summed E-state index contributed by atoms with van der Waals surface area (Å²) in [5, 5.41) is 6.95. The molecular formula is C15H29IN4O. The van der Waals surface area contributed by atoms with Gasteiger partial charge in [-0.1, -0.05) is 0 Å². The molecule has 0 spiro atoms. The SMILES string of the molecule is CCNC(=NCC1CCCO1)NC1CCN(C2CC2)C1.I. The number of likely N-dealkylation sites (tertiary alicyclic amines) is 1. The number of hydrogen-bond acceptors (Lipinski definition) is 3. The zero-order valence-corrected chi connectivity index (χ0v) is 15.3. The van der Waals surface area contributed by atoms with Crippen molar-refractivity contribution in [3.63, 3.8) is 0 Å². The number of hydrogen-bond donors (Lipinski definition) is 2. The summed E-state index contributed by atoms with van der Waals surface area (Å²) in [5.74, 6) is 0.964. The quantitative estimate of drug-likeness (QED) is 0.412. The molecule has 5 nitrogen and oxygen atoms in total. The van der Waals surface area contributed by atoms with Gasteiger partial charge in [-0.25, -0.2) is 0 Å². The number of rotatable bonds is 5. The molecule has 3 aliphatic rings. The molecule has 0 aromatic heterocycles. The first-order chi connectivity index (χ1) is 9.85. The van der Waals surface area contributed by atoms with Gasteiger partial charge in [0, 0.05) is 38.3 Å². The molecule has 3 rings (SSSR count). The minimum absolute atomic E-state index is 0. The molecule has 21 heavy (non-hydrogen) atoms. The Kier molecular flexibility index (Phi) is 7.01. The summed E-state index contributed by atoms with van der Waals surface area (Å²) >= 11 is 0. The van der Waals surface area contributed by atoms with Crippen molar-refractivity contribution in [2.45, 2.75) is 57.2 Å². The van der Waals surface area contributed by atoms with Gasteiger partial charge in [0.05, 0.1) is 12.6 Å². The number of nitrogens with zero attached hydrogens (tertiary/aromatic N) is 2. The molecule has 1 aliphatic carbocycles. The van der Waals surface area contributed by atoms with Crippen LogP contribution in [0, 0.1) is 0 Å². The first-order valence-corrected chi connectivity index (χ1v) is 8.25. The molecule has 2 aliphatic heterocycles. The van der Waals surface area contributed by atoms with Crippen molar-refractivity contribution >= 4 is 29.9 Å². The zero-order valence-electron chi connectivity index (χ0n) is 13.0. The number of nitrogens with one attached hydrogen (secondary N) is 2. The maximum atomic E-state index is 5.64. The summed E-state index contributed by atoms with van der Waals surface area (Å²) in [5.41, 5.74) is 0. The smallest absolute Gasteiger partial charge is 0.191 e. The lowest BCUT2D eigenvalue weighted by Crippen LogP contribution is -2.45. The Hall–Kier alpha value is -0.0800. The van der Waals surface area contributed by atoms with Crippen LogP contribution in [-0.4, -0.2) is 61.8 Å². The van der Waals surface area contributed by atoms with Crippen molar-refractivity contribution < 1.29 is 4.74 Å². The topological polar surface area (TPSA) is 48.9 Å². The van der Waals surface area contributed by atoms with Crippen molar-refractivity contribution in [2.24, 2.45) is 4.99 Å². The Morgan fingerprint density at radius 3 is 2.81 bits per heavy atom. The van der Waals surface area contributed by atoms with Gasteiger partial charge in [0.15, 0.2) is 5.96 Å². The standard InChI is InChI=1S/C15H28N4O.HI/c1-2-16-15(17-10-14-4-3-9-20-14)18-12-7-8-19(11-12)13-5-6-13;/h12-14H,2-11H2,1H3,(H2,16,17,18);1H. The maximum Gasteiger partial charge on any atom is 0.191 e. The Bertz CT molecular complexity index is 343. The van der Waals surface area contributed by atoms with E-state index in [1.54, 1.807) is 0 Å². The molecule has 0 aromatic carbocycles. The van der Waals surface area contributed by atoms with E-state index in [0.717, 1.165) is 38.1 Å². The summed E-state index contributed by atoms with van der Waals surface area (Å²) in [6, 6.07) is 1.44. The number of aliphatic imine (C=N–C) groups is 1. The van der Waals surface area contributed by atoms with E-state index in [4.69, 9.17) is 9.73 Å². The summed E-state index contributed by atoms with van der Waals surface area (Å²) in [4.78, 5) is 7.32. The van der Waals surface area contributed by atoms with Gasteiger partial charge in [0.25, 0.3) is 0 Å². The predicted octanol–water partition coefficient (Wildman–Crippen LogP) is 1.58. The molecule has 3 fully saturated rings. The van der Waals surface area contributed by atoms with E-state index in [1.807, 2.05) is 0 Å². The third-order valence-electron chi connectivity index (χ3n) is 4.45. The Balaban J connectivity index is 0.00000161. The van der Waals surface area contributed by atoms with Crippen molar-refractivity contribution in [3.8, 4) is 0 Å². The molecule has 2 unspecified atom stereocenters. The molecule has 2 saturated heterocycles. The van der Waals surface area contributed by atoms with E-state index >= 15 is 0 Å². The largest absolute Gasteiger partial charge is 0.376 e. The van der Waals surface area contributed by atoms with E-state index in [9.17, 15) is 0 Å². The summed E-state index contributed by atoms with van der Waals surface area (Å²) in [6.45, 7) is 7.14. The Morgan fingerprint density at radius 1 is 1.29 bits per heavy atom. The van der Waals surface area contributed by atoms with Gasteiger partial charge in [0.1, 0.15) is 0 Å². The second kappa shape index (κ2) is 8.53. The molecular weight excluding hydrogens is 379 g/mol. The summed E-state index contributed by atoms with van der Waals surface area (Å²) in [7, 11) is 0. The van der Waals surface area contributed by atoms with Crippen molar-refractivity contribution in [1.29, 1.82) is 0 Å². The highest BCUT2D eigenvalue weighted by atomic mass is 127. The molecule has 122 valence electrons. The monoisotopic (exact) mass is 408 g/mol. The number of ether oxygens (including phenoxy) is 1. The molecule has 6 heteroatoms. The van der Waals surface area contributed by atoms with Crippen LogP contribution in [0.4, 0.5) is 0 Å². The predicted molar refractivity (Wildman–Crippen MR) is 96.5 cm³/mol. The van der Waals surface area contributed by atoms with Crippen LogP contribution in [0.1, 0.15) is 39.0 Å². The summed E-state index contributed by atoms with van der Waals surface area (Å²) < 4.78 is 5.64. The maximum absolute atomic E-state index is 5.64. The molecule has 2 N–H and O–H groups in total. The van der Waals surface area contributed by atoms with E-state index in [2.05, 4.69) is 22.5 Å². The van der Waals surface area contributed by atoms with E-state index in [0.29, 0.717) is 12.1 Å². The second-order valence-corrected chi connectivity index (χ2v) is 6.21. The van der Waals surface area contributed by atoms with Crippen molar-refractivity contribution in [3.05, 3.63) is 0 Å². The van der Waals surface area contributed by atoms with E-state index in [-0.39, 0.29) is 24.0 Å². The molecule has 2 atom stereocenters. The van der Waals surface area contributed by atoms with Crippen LogP contribution in [0.15, 0.2) is 4.99 Å². The number of halogens is 1. The van der Waals surface area contributed by atoms with Crippen molar-refractivity contribution in [1.82, 2.24) is 15.5 Å². The van der Waals surface area contributed by atoms with Crippen LogP contribution in [0.25, 0.3) is 0 Å². The molecule has 0 aromatic rings. The van der Waals surface area contributed by atoms with E-state index in [1.165, 1.54) is 38.8 Å². The van der Waals surface area contributed by atoms with Gasteiger partial charge in [0.2, 0.25) is 0 Å². The first kappa shape index (κ1) is 17.3. The highest BCUT2D eigenvalue weighted by Gasteiger charge is 2.34. The van der Waals surface area contributed by atoms with Gasteiger partial charge < -0.3 is 15.4 Å². The fourth-order valence-electron chi connectivity index (χ4n) is 3.17. The zero-order chi connectivity index (χ0) is 13.8. The normalized spacial score (nSPS) is 30.2. The molecule has 2 heterocycles. The molecule has 0 bridgehead atoms. The van der Waals surface area contributed by atoms with Crippen LogP contribution < -0.4 is 10.6 Å². The van der Waals surface area contributed by atoms with Crippen LogP contribution in [0.5, 0.6) is 0 Å². The third-order valence-corrected chi connectivity index (χ3v) is 4.45. The summed E-state index contributed by atoms with van der Waals surface area (Å²) in [6.07, 6.45) is 6.71. The second-order valence-electron chi connectivity index (χ2n) is 6.21. The number of guanidine groups is 1. The lowest BCUT2D eigenvalue weighted by atomic mass is 10.2. The van der Waals surface area contributed by atoms with Crippen LogP contribution in [-0.2, 0) is 4.74 Å². The van der Waals surface area contributed by atoms with Gasteiger partial charge in [-0.05, 0) is 39.0 Å². The first-order valence-electron chi connectivity index (χ1n) is 8.25. The highest BCUT2D eigenvalue weighted by Crippen LogP contribution is 2.29. The lowest BCUT2D eigenvalue weighted by Gasteiger charge is -2.19. The van der Waals surface area contributed by atoms with Gasteiger partial charge >= 0.3 is 0 Å². The highest BCUT2D eigenvalue weighted by molar-refractivity contribution is 14.0. The minimum atomic E-state index is 0. The average Bonchev–Trinajstić information content (AvgIpc) is 2.99. The van der Waals surface area contributed by atoms with Crippen LogP contribution in [0.3, 0.4) is 0 Å². The Morgan fingerprint density at radius 2 is 2.14 bits per heavy atom. The molecule has 0 radical (unpaired) electrons. The lowest BCUT2D eigenvalue weighted by molar-refractivity contribution is 0.117. The van der Waals surface area contributed by atoms with Gasteiger partial charge in [-0.15, -0.1) is 24.0 Å². The average molecular weight is 408 g/mol. The molecule has 0 amide bonds. The van der Waals surface area contributed by atoms with Crippen molar-refractivity contribution in [2.75, 3.05) is 32.8 Å².